The van der Waals surface area contributed by atoms with Crippen LogP contribution in [0.5, 0.6) is 0 Å². The molecule has 0 aromatic carbocycles. The molecule has 120 valence electrons. The number of carbonyl (C=O) groups is 1. The van der Waals surface area contributed by atoms with Crippen LogP contribution in [0, 0.1) is 0 Å². The highest BCUT2D eigenvalue weighted by molar-refractivity contribution is 5.69. The van der Waals surface area contributed by atoms with E-state index in [1.807, 2.05) is 0 Å². The lowest BCUT2D eigenvalue weighted by atomic mass is 10.1. The Morgan fingerprint density at radius 1 is 0.950 bits per heavy atom. The van der Waals surface area contributed by atoms with E-state index in [0.29, 0.717) is 6.42 Å². The molecule has 0 fully saturated rings. The largest absolute Gasteiger partial charge is 0.466 e. The van der Waals surface area contributed by atoms with E-state index in [1.165, 1.54) is 58.8 Å². The van der Waals surface area contributed by atoms with E-state index >= 15 is 0 Å². The van der Waals surface area contributed by atoms with Crippen LogP contribution in [0.4, 0.5) is 4.39 Å². The van der Waals surface area contributed by atoms with Crippen molar-refractivity contribution in [2.24, 2.45) is 0 Å². The molecule has 0 aromatic heterocycles. The summed E-state index contributed by atoms with van der Waals surface area (Å²) in [6.07, 6.45) is 11.9. The van der Waals surface area contributed by atoms with Gasteiger partial charge >= 0.3 is 5.97 Å². The van der Waals surface area contributed by atoms with Gasteiger partial charge in [0.05, 0.1) is 6.61 Å². The molecule has 0 rings (SSSR count). The van der Waals surface area contributed by atoms with Gasteiger partial charge in [-0.2, -0.15) is 0 Å². The Hall–Kier alpha value is -0.600. The summed E-state index contributed by atoms with van der Waals surface area (Å²) in [6, 6.07) is 0. The SMILES string of the molecule is CCCCCCCCCCCC(=O)OCCC(C)(C)F. The van der Waals surface area contributed by atoms with E-state index in [9.17, 15) is 9.18 Å². The summed E-state index contributed by atoms with van der Waals surface area (Å²) < 4.78 is 18.2. The van der Waals surface area contributed by atoms with Crippen LogP contribution in [0.1, 0.15) is 91.4 Å². The maximum atomic E-state index is 13.2. The molecule has 0 aliphatic rings. The van der Waals surface area contributed by atoms with Crippen LogP contribution >= 0.6 is 0 Å². The van der Waals surface area contributed by atoms with Crippen LogP contribution in [0.3, 0.4) is 0 Å². The van der Waals surface area contributed by atoms with Gasteiger partial charge in [-0.1, -0.05) is 58.3 Å². The Bertz CT molecular complexity index is 234. The van der Waals surface area contributed by atoms with Crippen LogP contribution in [0.25, 0.3) is 0 Å². The fourth-order valence-electron chi connectivity index (χ4n) is 2.06. The molecule has 0 amide bonds. The van der Waals surface area contributed by atoms with E-state index < -0.39 is 5.67 Å². The lowest BCUT2D eigenvalue weighted by Gasteiger charge is -2.13. The molecule has 0 aliphatic heterocycles. The number of rotatable bonds is 13. The topological polar surface area (TPSA) is 26.3 Å². The molecular formula is C17H33FO2. The fourth-order valence-corrected chi connectivity index (χ4v) is 2.06. The number of halogens is 1. The molecule has 2 nitrogen and oxygen atoms in total. The molecule has 0 bridgehead atoms. The van der Waals surface area contributed by atoms with Crippen molar-refractivity contribution < 1.29 is 13.9 Å². The summed E-state index contributed by atoms with van der Waals surface area (Å²) in [6.45, 7) is 5.43. The first-order valence-electron chi connectivity index (χ1n) is 8.30. The minimum atomic E-state index is -1.25. The highest BCUT2D eigenvalue weighted by Gasteiger charge is 2.15. The van der Waals surface area contributed by atoms with E-state index in [-0.39, 0.29) is 19.0 Å². The first-order valence-corrected chi connectivity index (χ1v) is 8.30. The second kappa shape index (κ2) is 12.2. The molecule has 0 spiro atoms. The van der Waals surface area contributed by atoms with Crippen molar-refractivity contribution in [3.63, 3.8) is 0 Å². The molecular weight excluding hydrogens is 255 g/mol. The molecule has 0 radical (unpaired) electrons. The van der Waals surface area contributed by atoms with Crippen molar-refractivity contribution >= 4 is 5.97 Å². The van der Waals surface area contributed by atoms with Crippen molar-refractivity contribution in [1.82, 2.24) is 0 Å². The molecule has 0 atom stereocenters. The Balaban J connectivity index is 3.23. The molecule has 3 heteroatoms. The van der Waals surface area contributed by atoms with Crippen LogP contribution < -0.4 is 0 Å². The zero-order chi connectivity index (χ0) is 15.3. The number of alkyl halides is 1. The molecule has 20 heavy (non-hydrogen) atoms. The van der Waals surface area contributed by atoms with Crippen molar-refractivity contribution in [1.29, 1.82) is 0 Å². The number of esters is 1. The lowest BCUT2D eigenvalue weighted by molar-refractivity contribution is -0.144. The maximum Gasteiger partial charge on any atom is 0.305 e. The number of unbranched alkanes of at least 4 members (excludes halogenated alkanes) is 8. The van der Waals surface area contributed by atoms with E-state index in [4.69, 9.17) is 4.74 Å². The van der Waals surface area contributed by atoms with Gasteiger partial charge in [0.1, 0.15) is 5.67 Å². The van der Waals surface area contributed by atoms with E-state index in [0.717, 1.165) is 12.8 Å². The molecule has 0 saturated carbocycles. The number of hydrogen-bond donors (Lipinski definition) is 0. The highest BCUT2D eigenvalue weighted by atomic mass is 19.1. The average Bonchev–Trinajstić information content (AvgIpc) is 2.35. The zero-order valence-electron chi connectivity index (χ0n) is 13.7. The van der Waals surface area contributed by atoms with Crippen molar-refractivity contribution in [3.05, 3.63) is 0 Å². The summed E-state index contributed by atoms with van der Waals surface area (Å²) in [5.41, 5.74) is -1.25. The summed E-state index contributed by atoms with van der Waals surface area (Å²) in [5.74, 6) is -0.183. The number of ether oxygens (including phenoxy) is 1. The normalized spacial score (nSPS) is 11.6. The Morgan fingerprint density at radius 3 is 1.95 bits per heavy atom. The van der Waals surface area contributed by atoms with Gasteiger partial charge in [0.2, 0.25) is 0 Å². The summed E-state index contributed by atoms with van der Waals surface area (Å²) in [4.78, 5) is 11.4. The lowest BCUT2D eigenvalue weighted by Crippen LogP contribution is -2.17. The second-order valence-corrected chi connectivity index (χ2v) is 6.27. The first kappa shape index (κ1) is 19.4. The number of carbonyl (C=O) groups excluding carboxylic acids is 1. The summed E-state index contributed by atoms with van der Waals surface area (Å²) in [5, 5.41) is 0. The quantitative estimate of drug-likeness (QED) is 0.326. The van der Waals surface area contributed by atoms with Crippen LogP contribution in [0.2, 0.25) is 0 Å². The standard InChI is InChI=1S/C17H33FO2/c1-4-5-6-7-8-9-10-11-12-13-16(19)20-15-14-17(2,3)18/h4-15H2,1-3H3. The maximum absolute atomic E-state index is 13.2. The molecule has 0 aliphatic carbocycles. The van der Waals surface area contributed by atoms with Gasteiger partial charge < -0.3 is 4.74 Å². The van der Waals surface area contributed by atoms with Gasteiger partial charge in [-0.3, -0.25) is 4.79 Å². The van der Waals surface area contributed by atoms with E-state index in [1.54, 1.807) is 0 Å². The summed E-state index contributed by atoms with van der Waals surface area (Å²) in [7, 11) is 0. The Morgan fingerprint density at radius 2 is 1.45 bits per heavy atom. The molecule has 0 heterocycles. The van der Waals surface area contributed by atoms with Crippen molar-refractivity contribution in [3.8, 4) is 0 Å². The monoisotopic (exact) mass is 288 g/mol. The molecule has 0 unspecified atom stereocenters. The Kier molecular flexibility index (Phi) is 11.8. The van der Waals surface area contributed by atoms with Crippen molar-refractivity contribution in [2.45, 2.75) is 97.1 Å². The first-order chi connectivity index (χ1) is 9.45. The van der Waals surface area contributed by atoms with Gasteiger partial charge in [0, 0.05) is 12.8 Å². The highest BCUT2D eigenvalue weighted by Crippen LogP contribution is 2.14. The third-order valence-electron chi connectivity index (χ3n) is 3.44. The van der Waals surface area contributed by atoms with E-state index in [2.05, 4.69) is 6.92 Å². The minimum absolute atomic E-state index is 0.183. The minimum Gasteiger partial charge on any atom is -0.466 e. The zero-order valence-corrected chi connectivity index (χ0v) is 13.7. The molecule has 0 saturated heterocycles. The van der Waals surface area contributed by atoms with Crippen LogP contribution in [0.15, 0.2) is 0 Å². The van der Waals surface area contributed by atoms with Crippen molar-refractivity contribution in [2.75, 3.05) is 6.61 Å². The van der Waals surface area contributed by atoms with Crippen LogP contribution in [-0.4, -0.2) is 18.2 Å². The van der Waals surface area contributed by atoms with Gasteiger partial charge in [-0.05, 0) is 20.3 Å². The van der Waals surface area contributed by atoms with Gasteiger partial charge in [-0.25, -0.2) is 4.39 Å². The third kappa shape index (κ3) is 15.5. The Labute approximate surface area is 124 Å². The predicted octanol–water partition coefficient (Wildman–Crippen LogP) is 5.59. The van der Waals surface area contributed by atoms with Gasteiger partial charge in [0.25, 0.3) is 0 Å². The average molecular weight is 288 g/mol. The summed E-state index contributed by atoms with van der Waals surface area (Å²) >= 11 is 0. The smallest absolute Gasteiger partial charge is 0.305 e. The predicted molar refractivity (Wildman–Crippen MR) is 82.6 cm³/mol. The fraction of sp³-hybridized carbons (Fsp3) is 0.941. The van der Waals surface area contributed by atoms with Gasteiger partial charge in [0.15, 0.2) is 0 Å². The molecule has 0 N–H and O–H groups in total. The third-order valence-corrected chi connectivity index (χ3v) is 3.44. The number of hydrogen-bond acceptors (Lipinski definition) is 2. The molecule has 0 aromatic rings. The van der Waals surface area contributed by atoms with Gasteiger partial charge in [-0.15, -0.1) is 0 Å². The van der Waals surface area contributed by atoms with Crippen LogP contribution in [-0.2, 0) is 9.53 Å². The second-order valence-electron chi connectivity index (χ2n) is 6.27.